The number of carboxylic acids is 1. The normalized spacial score (nSPS) is 24.2. The third-order valence-corrected chi connectivity index (χ3v) is 4.30. The second-order valence-corrected chi connectivity index (χ2v) is 5.57. The van der Waals surface area contributed by atoms with Crippen LogP contribution in [0.2, 0.25) is 0 Å². The summed E-state index contributed by atoms with van der Waals surface area (Å²) in [5.74, 6) is 0.431. The Labute approximate surface area is 112 Å². The van der Waals surface area contributed by atoms with Crippen molar-refractivity contribution in [2.75, 3.05) is 13.2 Å². The molecule has 5 heteroatoms. The fraction of sp³-hybridized carbons (Fsp3) is 0.714. The van der Waals surface area contributed by atoms with Gasteiger partial charge in [-0.1, -0.05) is 0 Å². The minimum absolute atomic E-state index is 0.271. The molecule has 0 bridgehead atoms. The summed E-state index contributed by atoms with van der Waals surface area (Å²) in [6.45, 7) is 3.67. The number of aromatic carboxylic acids is 1. The molecule has 1 atom stereocenters. The highest BCUT2D eigenvalue weighted by Crippen LogP contribution is 2.35. The molecule has 1 unspecified atom stereocenters. The van der Waals surface area contributed by atoms with Crippen LogP contribution in [-0.4, -0.2) is 33.8 Å². The number of aromatic nitrogens is 2. The van der Waals surface area contributed by atoms with Gasteiger partial charge in [-0.2, -0.15) is 0 Å². The number of carbonyl (C=O) groups is 1. The van der Waals surface area contributed by atoms with E-state index in [1.165, 1.54) is 0 Å². The van der Waals surface area contributed by atoms with E-state index in [0.717, 1.165) is 56.8 Å². The summed E-state index contributed by atoms with van der Waals surface area (Å²) in [6.07, 6.45) is 4.89. The van der Waals surface area contributed by atoms with Crippen molar-refractivity contribution in [3.63, 3.8) is 0 Å². The molecular formula is C14H20N2O3. The topological polar surface area (TPSA) is 64.3 Å². The van der Waals surface area contributed by atoms with Crippen molar-refractivity contribution in [1.82, 2.24) is 9.55 Å². The maximum atomic E-state index is 11.4. The molecule has 0 aromatic carbocycles. The molecule has 0 radical (unpaired) electrons. The Morgan fingerprint density at radius 2 is 2.11 bits per heavy atom. The van der Waals surface area contributed by atoms with E-state index in [4.69, 9.17) is 4.74 Å². The zero-order valence-corrected chi connectivity index (χ0v) is 11.3. The fourth-order valence-electron chi connectivity index (χ4n) is 3.33. The van der Waals surface area contributed by atoms with Crippen molar-refractivity contribution >= 4 is 5.97 Å². The average molecular weight is 264 g/mol. The summed E-state index contributed by atoms with van der Waals surface area (Å²) in [5, 5.41) is 9.34. The van der Waals surface area contributed by atoms with Crippen LogP contribution in [0.4, 0.5) is 0 Å². The molecule has 2 aliphatic rings. The number of hydrogen-bond acceptors (Lipinski definition) is 3. The van der Waals surface area contributed by atoms with Gasteiger partial charge in [0, 0.05) is 25.2 Å². The molecule has 0 aliphatic carbocycles. The first kappa shape index (κ1) is 12.7. The van der Waals surface area contributed by atoms with Gasteiger partial charge in [0.2, 0.25) is 0 Å². The van der Waals surface area contributed by atoms with E-state index in [2.05, 4.69) is 16.5 Å². The quantitative estimate of drug-likeness (QED) is 0.890. The van der Waals surface area contributed by atoms with E-state index < -0.39 is 5.97 Å². The minimum atomic E-state index is -0.892. The predicted molar refractivity (Wildman–Crippen MR) is 69.6 cm³/mol. The lowest BCUT2D eigenvalue weighted by atomic mass is 9.97. The highest BCUT2D eigenvalue weighted by molar-refractivity contribution is 5.87. The molecule has 5 nitrogen and oxygen atoms in total. The number of ether oxygens (including phenoxy) is 1. The molecule has 1 aromatic heterocycles. The summed E-state index contributed by atoms with van der Waals surface area (Å²) in [4.78, 5) is 15.8. The van der Waals surface area contributed by atoms with Crippen LogP contribution < -0.4 is 0 Å². The van der Waals surface area contributed by atoms with Gasteiger partial charge in [0.25, 0.3) is 0 Å². The summed E-state index contributed by atoms with van der Waals surface area (Å²) < 4.78 is 7.59. The Bertz CT molecular complexity index is 489. The van der Waals surface area contributed by atoms with Crippen molar-refractivity contribution < 1.29 is 14.6 Å². The Morgan fingerprint density at radius 1 is 1.37 bits per heavy atom. The first-order valence-corrected chi connectivity index (χ1v) is 7.10. The first-order valence-electron chi connectivity index (χ1n) is 7.10. The molecule has 0 amide bonds. The van der Waals surface area contributed by atoms with E-state index in [0.29, 0.717) is 12.0 Å². The lowest BCUT2D eigenvalue weighted by Crippen LogP contribution is -2.22. The van der Waals surface area contributed by atoms with Gasteiger partial charge in [0.05, 0.1) is 5.69 Å². The van der Waals surface area contributed by atoms with Crippen LogP contribution in [0.15, 0.2) is 0 Å². The number of nitrogens with zero attached hydrogens (tertiary/aromatic N) is 2. The molecule has 2 aliphatic heterocycles. The molecule has 1 N–H and O–H groups in total. The third-order valence-electron chi connectivity index (χ3n) is 4.30. The van der Waals surface area contributed by atoms with E-state index in [1.54, 1.807) is 0 Å². The second-order valence-electron chi connectivity index (χ2n) is 5.57. The molecule has 3 heterocycles. The Hall–Kier alpha value is -1.36. The van der Waals surface area contributed by atoms with Crippen molar-refractivity contribution in [3.05, 3.63) is 17.2 Å². The van der Waals surface area contributed by atoms with E-state index in [-0.39, 0.29) is 5.69 Å². The molecule has 19 heavy (non-hydrogen) atoms. The van der Waals surface area contributed by atoms with Gasteiger partial charge >= 0.3 is 5.97 Å². The third kappa shape index (κ3) is 2.16. The average Bonchev–Trinajstić information content (AvgIpc) is 2.81. The van der Waals surface area contributed by atoms with Gasteiger partial charge in [-0.15, -0.1) is 0 Å². The Morgan fingerprint density at radius 3 is 2.79 bits per heavy atom. The predicted octanol–water partition coefficient (Wildman–Crippen LogP) is 2.37. The van der Waals surface area contributed by atoms with E-state index in [9.17, 15) is 9.90 Å². The molecule has 1 aromatic rings. The van der Waals surface area contributed by atoms with Crippen LogP contribution in [0.25, 0.3) is 0 Å². The zero-order valence-electron chi connectivity index (χ0n) is 11.3. The molecule has 1 saturated heterocycles. The number of imidazole rings is 1. The Balaban J connectivity index is 2.05. The smallest absolute Gasteiger partial charge is 0.356 e. The lowest BCUT2D eigenvalue weighted by molar-refractivity contribution is 0.0688. The van der Waals surface area contributed by atoms with Gasteiger partial charge in [-0.25, -0.2) is 9.78 Å². The summed E-state index contributed by atoms with van der Waals surface area (Å²) in [5.41, 5.74) is 1.20. The number of fused-ring (bicyclic) bond motifs is 1. The van der Waals surface area contributed by atoms with E-state index >= 15 is 0 Å². The van der Waals surface area contributed by atoms with Gasteiger partial charge in [0.15, 0.2) is 5.69 Å². The lowest BCUT2D eigenvalue weighted by Gasteiger charge is -2.28. The van der Waals surface area contributed by atoms with Crippen LogP contribution in [0.1, 0.15) is 66.6 Å². The van der Waals surface area contributed by atoms with Crippen molar-refractivity contribution in [1.29, 1.82) is 0 Å². The summed E-state index contributed by atoms with van der Waals surface area (Å²) >= 11 is 0. The first-order chi connectivity index (χ1) is 9.18. The maximum absolute atomic E-state index is 11.4. The number of carboxylic acid groups (broad SMARTS) is 1. The molecular weight excluding hydrogens is 244 g/mol. The molecule has 0 spiro atoms. The number of rotatable bonds is 2. The van der Waals surface area contributed by atoms with Crippen LogP contribution in [0.3, 0.4) is 0 Å². The molecule has 3 rings (SSSR count). The van der Waals surface area contributed by atoms with Crippen molar-refractivity contribution in [2.45, 2.75) is 51.0 Å². The van der Waals surface area contributed by atoms with Gasteiger partial charge < -0.3 is 14.4 Å². The van der Waals surface area contributed by atoms with Gasteiger partial charge in [-0.3, -0.25) is 0 Å². The van der Waals surface area contributed by atoms with Crippen LogP contribution in [0.5, 0.6) is 0 Å². The van der Waals surface area contributed by atoms with Crippen molar-refractivity contribution in [2.24, 2.45) is 0 Å². The van der Waals surface area contributed by atoms with Crippen LogP contribution in [-0.2, 0) is 11.2 Å². The zero-order chi connectivity index (χ0) is 13.4. The van der Waals surface area contributed by atoms with Crippen LogP contribution >= 0.6 is 0 Å². The maximum Gasteiger partial charge on any atom is 0.356 e. The van der Waals surface area contributed by atoms with Gasteiger partial charge in [0.1, 0.15) is 5.82 Å². The summed E-state index contributed by atoms with van der Waals surface area (Å²) in [7, 11) is 0. The largest absolute Gasteiger partial charge is 0.476 e. The molecule has 1 fully saturated rings. The highest BCUT2D eigenvalue weighted by Gasteiger charge is 2.31. The van der Waals surface area contributed by atoms with Crippen LogP contribution in [0, 0.1) is 0 Å². The monoisotopic (exact) mass is 264 g/mol. The highest BCUT2D eigenvalue weighted by atomic mass is 16.5. The second kappa shape index (κ2) is 4.96. The fourth-order valence-corrected chi connectivity index (χ4v) is 3.33. The Kier molecular flexibility index (Phi) is 3.31. The van der Waals surface area contributed by atoms with E-state index in [1.807, 2.05) is 0 Å². The molecule has 104 valence electrons. The SMILES string of the molecule is CC1CCCc2c(C(=O)O)nc(C3CCOCC3)n21. The minimum Gasteiger partial charge on any atom is -0.476 e. The standard InChI is InChI=1S/C14H20N2O3/c1-9-3-2-4-11-12(14(17)18)15-13(16(9)11)10-5-7-19-8-6-10/h9-10H,2-8H2,1H3,(H,17,18). The van der Waals surface area contributed by atoms with Gasteiger partial charge in [-0.05, 0) is 39.0 Å². The summed E-state index contributed by atoms with van der Waals surface area (Å²) in [6, 6.07) is 0.363. The number of hydrogen-bond donors (Lipinski definition) is 1. The van der Waals surface area contributed by atoms with Crippen molar-refractivity contribution in [3.8, 4) is 0 Å². The molecule has 0 saturated carbocycles.